The van der Waals surface area contributed by atoms with Gasteiger partial charge in [-0.05, 0) is 49.2 Å². The molecule has 2 N–H and O–H groups in total. The van der Waals surface area contributed by atoms with Gasteiger partial charge in [-0.1, -0.05) is 11.6 Å². The Kier molecular flexibility index (Phi) is 5.81. The van der Waals surface area contributed by atoms with E-state index in [4.69, 9.17) is 11.6 Å². The zero-order valence-electron chi connectivity index (χ0n) is 14.9. The normalized spacial score (nSPS) is 18.5. The fourth-order valence-electron chi connectivity index (χ4n) is 3.60. The van der Waals surface area contributed by atoms with Gasteiger partial charge in [-0.25, -0.2) is 0 Å². The van der Waals surface area contributed by atoms with Gasteiger partial charge in [0.1, 0.15) is 0 Å². The van der Waals surface area contributed by atoms with Gasteiger partial charge >= 0.3 is 6.18 Å². The number of hydrogen-bond donors (Lipinski definition) is 2. The van der Waals surface area contributed by atoms with Crippen LogP contribution in [0.25, 0.3) is 0 Å². The number of hydrogen-bond acceptors (Lipinski definition) is 2. The van der Waals surface area contributed by atoms with Crippen LogP contribution < -0.4 is 5.32 Å². The summed E-state index contributed by atoms with van der Waals surface area (Å²) in [6, 6.07) is 5.17. The van der Waals surface area contributed by atoms with E-state index in [1.165, 1.54) is 6.07 Å². The second-order valence-electron chi connectivity index (χ2n) is 6.76. The second-order valence-corrected chi connectivity index (χ2v) is 7.17. The lowest BCUT2D eigenvalue weighted by Gasteiger charge is -2.33. The predicted octanol–water partition coefficient (Wildman–Crippen LogP) is 4.43. The van der Waals surface area contributed by atoms with Gasteiger partial charge in [0, 0.05) is 43.0 Å². The van der Waals surface area contributed by atoms with Crippen LogP contribution in [0.15, 0.2) is 30.5 Å². The topological polar surface area (TPSA) is 48.1 Å². The number of likely N-dealkylation sites (tertiary alicyclic amines) is 1. The molecule has 1 aromatic heterocycles. The Morgan fingerprint density at radius 3 is 2.85 bits per heavy atom. The third kappa shape index (κ3) is 4.47. The van der Waals surface area contributed by atoms with E-state index in [1.807, 2.05) is 0 Å². The molecular formula is C19H21ClF3N3O. The number of rotatable bonds is 4. The number of halogens is 4. The number of carbonyl (C=O) groups excluding carboxylic acids is 1. The highest BCUT2D eigenvalue weighted by Gasteiger charge is 2.31. The van der Waals surface area contributed by atoms with Gasteiger partial charge in [0.2, 0.25) is 0 Å². The summed E-state index contributed by atoms with van der Waals surface area (Å²) in [6.07, 6.45) is -0.844. The summed E-state index contributed by atoms with van der Waals surface area (Å²) in [4.78, 5) is 17.3. The number of alkyl halides is 3. The molecule has 3 rings (SSSR count). The van der Waals surface area contributed by atoms with Crippen molar-refractivity contribution in [2.24, 2.45) is 0 Å². The van der Waals surface area contributed by atoms with Crippen molar-refractivity contribution in [3.63, 3.8) is 0 Å². The summed E-state index contributed by atoms with van der Waals surface area (Å²) in [5, 5.41) is 2.96. The maximum absolute atomic E-state index is 13.0. The van der Waals surface area contributed by atoms with Crippen LogP contribution in [0.5, 0.6) is 0 Å². The standard InChI is InChI=1S/C19H21ClF3N3O/c1-24-18(27)15-6-7-25-17(15)12-3-2-8-26(10-12)11-13-9-14(19(21,22)23)4-5-16(13)20/h4-7,9,12,25H,2-3,8,10-11H2,1H3,(H,24,27)/t12-/m0/s1. The lowest BCUT2D eigenvalue weighted by Crippen LogP contribution is -2.35. The minimum atomic E-state index is -4.39. The first-order valence-electron chi connectivity index (χ1n) is 8.77. The molecule has 1 saturated heterocycles. The number of nitrogens with zero attached hydrogens (tertiary/aromatic N) is 1. The van der Waals surface area contributed by atoms with Crippen molar-refractivity contribution in [3.8, 4) is 0 Å². The Morgan fingerprint density at radius 2 is 2.15 bits per heavy atom. The molecule has 0 radical (unpaired) electrons. The molecule has 0 aliphatic carbocycles. The number of piperidine rings is 1. The SMILES string of the molecule is CNC(=O)c1cc[nH]c1[C@H]1CCCN(Cc2cc(C(F)(F)F)ccc2Cl)C1. The molecule has 27 heavy (non-hydrogen) atoms. The first-order chi connectivity index (χ1) is 12.8. The number of nitrogens with one attached hydrogen (secondary N) is 2. The van der Waals surface area contributed by atoms with E-state index in [0.717, 1.165) is 37.2 Å². The molecule has 1 atom stereocenters. The molecule has 0 bridgehead atoms. The predicted molar refractivity (Wildman–Crippen MR) is 97.9 cm³/mol. The largest absolute Gasteiger partial charge is 0.416 e. The first kappa shape index (κ1) is 19.8. The van der Waals surface area contributed by atoms with Crippen LogP contribution >= 0.6 is 11.6 Å². The van der Waals surface area contributed by atoms with Crippen LogP contribution in [0.4, 0.5) is 13.2 Å². The van der Waals surface area contributed by atoms with Crippen molar-refractivity contribution in [3.05, 3.63) is 57.9 Å². The van der Waals surface area contributed by atoms with Crippen molar-refractivity contribution in [2.75, 3.05) is 20.1 Å². The Balaban J connectivity index is 1.76. The van der Waals surface area contributed by atoms with Gasteiger partial charge in [0.15, 0.2) is 0 Å². The van der Waals surface area contributed by atoms with E-state index >= 15 is 0 Å². The third-order valence-electron chi connectivity index (χ3n) is 4.93. The van der Waals surface area contributed by atoms with Gasteiger partial charge < -0.3 is 10.3 Å². The monoisotopic (exact) mass is 399 g/mol. The fourth-order valence-corrected chi connectivity index (χ4v) is 3.78. The molecule has 0 spiro atoms. The molecule has 146 valence electrons. The summed E-state index contributed by atoms with van der Waals surface area (Å²) in [5.41, 5.74) is 1.25. The van der Waals surface area contributed by atoms with Gasteiger partial charge in [-0.15, -0.1) is 0 Å². The molecule has 0 saturated carbocycles. The summed E-state index contributed by atoms with van der Waals surface area (Å²) >= 11 is 6.13. The van der Waals surface area contributed by atoms with E-state index in [0.29, 0.717) is 29.2 Å². The maximum atomic E-state index is 13.0. The Morgan fingerprint density at radius 1 is 1.37 bits per heavy atom. The van der Waals surface area contributed by atoms with Crippen molar-refractivity contribution in [1.82, 2.24) is 15.2 Å². The molecule has 1 aliphatic heterocycles. The Labute approximate surface area is 160 Å². The number of benzene rings is 1. The molecule has 2 heterocycles. The summed E-state index contributed by atoms with van der Waals surface area (Å²) in [6.45, 7) is 1.77. The first-order valence-corrected chi connectivity index (χ1v) is 9.14. The van der Waals surface area contributed by atoms with Gasteiger partial charge in [0.05, 0.1) is 11.1 Å². The molecule has 4 nitrogen and oxygen atoms in total. The van der Waals surface area contributed by atoms with Crippen LogP contribution in [0.3, 0.4) is 0 Å². The average molecular weight is 400 g/mol. The highest BCUT2D eigenvalue weighted by Crippen LogP contribution is 2.34. The minimum Gasteiger partial charge on any atom is -0.364 e. The highest BCUT2D eigenvalue weighted by molar-refractivity contribution is 6.31. The lowest BCUT2D eigenvalue weighted by molar-refractivity contribution is -0.137. The molecule has 1 amide bonds. The molecular weight excluding hydrogens is 379 g/mol. The molecule has 0 unspecified atom stereocenters. The minimum absolute atomic E-state index is 0.116. The van der Waals surface area contributed by atoms with Gasteiger partial charge in [-0.3, -0.25) is 9.69 Å². The number of carbonyl (C=O) groups is 1. The van der Waals surface area contributed by atoms with E-state index < -0.39 is 11.7 Å². The Bertz CT molecular complexity index is 819. The van der Waals surface area contributed by atoms with Crippen LogP contribution in [0.2, 0.25) is 5.02 Å². The van der Waals surface area contributed by atoms with Gasteiger partial charge in [0.25, 0.3) is 5.91 Å². The van der Waals surface area contributed by atoms with E-state index in [9.17, 15) is 18.0 Å². The van der Waals surface area contributed by atoms with Crippen molar-refractivity contribution in [1.29, 1.82) is 0 Å². The average Bonchev–Trinajstić information content (AvgIpc) is 3.12. The quantitative estimate of drug-likeness (QED) is 0.799. The molecule has 1 aliphatic rings. The molecule has 1 aromatic carbocycles. The molecule has 1 fully saturated rings. The zero-order chi connectivity index (χ0) is 19.6. The van der Waals surface area contributed by atoms with Crippen LogP contribution in [0.1, 0.15) is 45.9 Å². The highest BCUT2D eigenvalue weighted by atomic mass is 35.5. The van der Waals surface area contributed by atoms with Crippen molar-refractivity contribution >= 4 is 17.5 Å². The number of aromatic nitrogens is 1. The fraction of sp³-hybridized carbons (Fsp3) is 0.421. The maximum Gasteiger partial charge on any atom is 0.416 e. The number of H-pyrrole nitrogens is 1. The zero-order valence-corrected chi connectivity index (χ0v) is 15.6. The van der Waals surface area contributed by atoms with E-state index in [1.54, 1.807) is 19.3 Å². The summed E-state index contributed by atoms with van der Waals surface area (Å²) in [7, 11) is 1.59. The summed E-state index contributed by atoms with van der Waals surface area (Å²) < 4.78 is 38.9. The molecule has 2 aromatic rings. The van der Waals surface area contributed by atoms with Crippen LogP contribution in [-0.4, -0.2) is 35.9 Å². The number of amides is 1. The lowest BCUT2D eigenvalue weighted by atomic mass is 9.92. The Hall–Kier alpha value is -1.99. The third-order valence-corrected chi connectivity index (χ3v) is 5.30. The van der Waals surface area contributed by atoms with Crippen LogP contribution in [0, 0.1) is 0 Å². The second kappa shape index (κ2) is 7.94. The number of aromatic amines is 1. The van der Waals surface area contributed by atoms with Crippen LogP contribution in [-0.2, 0) is 12.7 Å². The van der Waals surface area contributed by atoms with E-state index in [-0.39, 0.29) is 11.8 Å². The summed E-state index contributed by atoms with van der Waals surface area (Å²) in [5.74, 6) is -0.0325. The smallest absolute Gasteiger partial charge is 0.364 e. The van der Waals surface area contributed by atoms with Gasteiger partial charge in [-0.2, -0.15) is 13.2 Å². The molecule has 8 heteroatoms. The van der Waals surface area contributed by atoms with E-state index in [2.05, 4.69) is 15.2 Å². The van der Waals surface area contributed by atoms with Crippen molar-refractivity contribution < 1.29 is 18.0 Å². The van der Waals surface area contributed by atoms with Crippen molar-refractivity contribution in [2.45, 2.75) is 31.5 Å².